The number of aliphatic carboxylic acids is 1. The van der Waals surface area contributed by atoms with Gasteiger partial charge in [0.2, 0.25) is 0 Å². The monoisotopic (exact) mass is 296 g/mol. The van der Waals surface area contributed by atoms with Gasteiger partial charge in [-0.25, -0.2) is 4.79 Å². The second-order valence-corrected chi connectivity index (χ2v) is 6.52. The lowest BCUT2D eigenvalue weighted by molar-refractivity contribution is -0.137. The number of likely N-dealkylation sites (tertiary alicyclic amines) is 1. The Labute approximate surface area is 127 Å². The second-order valence-electron chi connectivity index (χ2n) is 6.52. The minimum Gasteiger partial charge on any atom is -0.481 e. The second kappa shape index (κ2) is 8.25. The maximum absolute atomic E-state index is 12.4. The predicted molar refractivity (Wildman–Crippen MR) is 81.2 cm³/mol. The number of hydrogen-bond acceptors (Lipinski definition) is 2. The van der Waals surface area contributed by atoms with E-state index < -0.39 is 5.97 Å². The van der Waals surface area contributed by atoms with E-state index in [0.717, 1.165) is 32.2 Å². The zero-order chi connectivity index (χ0) is 15.1. The maximum Gasteiger partial charge on any atom is 0.317 e. The first kappa shape index (κ1) is 16.1. The molecular weight excluding hydrogens is 268 g/mol. The van der Waals surface area contributed by atoms with E-state index in [-0.39, 0.29) is 12.5 Å². The van der Waals surface area contributed by atoms with Crippen LogP contribution in [-0.4, -0.2) is 41.1 Å². The fraction of sp³-hybridized carbons (Fsp3) is 0.875. The summed E-state index contributed by atoms with van der Waals surface area (Å²) in [7, 11) is 0. The molecule has 0 aromatic heterocycles. The molecule has 21 heavy (non-hydrogen) atoms. The fourth-order valence-corrected chi connectivity index (χ4v) is 3.50. The Bertz CT molecular complexity index is 351. The van der Waals surface area contributed by atoms with Crippen molar-refractivity contribution >= 4 is 12.0 Å². The number of hydrogen-bond donors (Lipinski definition) is 2. The van der Waals surface area contributed by atoms with Crippen LogP contribution in [0.5, 0.6) is 0 Å². The van der Waals surface area contributed by atoms with Crippen LogP contribution in [0.4, 0.5) is 4.79 Å². The van der Waals surface area contributed by atoms with Gasteiger partial charge in [0.05, 0.1) is 0 Å². The number of carboxylic acid groups (broad SMARTS) is 1. The third kappa shape index (κ3) is 5.56. The molecule has 1 saturated heterocycles. The van der Waals surface area contributed by atoms with Crippen LogP contribution in [0.1, 0.15) is 64.2 Å². The molecule has 2 rings (SSSR count). The van der Waals surface area contributed by atoms with E-state index in [1.54, 1.807) is 0 Å². The molecule has 2 fully saturated rings. The first-order valence-electron chi connectivity index (χ1n) is 8.42. The van der Waals surface area contributed by atoms with Crippen molar-refractivity contribution in [2.24, 2.45) is 5.92 Å². The highest BCUT2D eigenvalue weighted by Crippen LogP contribution is 2.22. The lowest BCUT2D eigenvalue weighted by Gasteiger charge is -2.33. The number of carboxylic acids is 1. The quantitative estimate of drug-likeness (QED) is 0.784. The van der Waals surface area contributed by atoms with Crippen LogP contribution in [0, 0.1) is 5.92 Å². The highest BCUT2D eigenvalue weighted by atomic mass is 16.4. The van der Waals surface area contributed by atoms with Gasteiger partial charge < -0.3 is 15.3 Å². The van der Waals surface area contributed by atoms with Gasteiger partial charge >= 0.3 is 12.0 Å². The molecule has 1 unspecified atom stereocenters. The van der Waals surface area contributed by atoms with Crippen molar-refractivity contribution in [1.29, 1.82) is 0 Å². The van der Waals surface area contributed by atoms with Gasteiger partial charge in [0.1, 0.15) is 0 Å². The van der Waals surface area contributed by atoms with E-state index >= 15 is 0 Å². The summed E-state index contributed by atoms with van der Waals surface area (Å²) >= 11 is 0. The van der Waals surface area contributed by atoms with Gasteiger partial charge in [0, 0.05) is 25.6 Å². The molecule has 1 saturated carbocycles. The summed E-state index contributed by atoms with van der Waals surface area (Å²) in [4.78, 5) is 24.9. The summed E-state index contributed by atoms with van der Waals surface area (Å²) < 4.78 is 0. The third-order valence-corrected chi connectivity index (χ3v) is 4.76. The molecule has 0 bridgehead atoms. The predicted octanol–water partition coefficient (Wildman–Crippen LogP) is 3.00. The summed E-state index contributed by atoms with van der Waals surface area (Å²) in [5.41, 5.74) is 0. The van der Waals surface area contributed by atoms with Crippen LogP contribution < -0.4 is 5.32 Å². The van der Waals surface area contributed by atoms with Crippen molar-refractivity contribution in [1.82, 2.24) is 10.2 Å². The van der Waals surface area contributed by atoms with Crippen molar-refractivity contribution in [3.63, 3.8) is 0 Å². The topological polar surface area (TPSA) is 69.6 Å². The van der Waals surface area contributed by atoms with Gasteiger partial charge in [0.25, 0.3) is 0 Å². The minimum atomic E-state index is -0.741. The maximum atomic E-state index is 12.4. The molecule has 1 aliphatic heterocycles. The minimum absolute atomic E-state index is 0.0573. The smallest absolute Gasteiger partial charge is 0.317 e. The van der Waals surface area contributed by atoms with E-state index in [1.807, 2.05) is 4.90 Å². The Morgan fingerprint density at radius 3 is 2.43 bits per heavy atom. The molecular formula is C16H28N2O3. The molecule has 0 radical (unpaired) electrons. The van der Waals surface area contributed by atoms with Crippen molar-refractivity contribution in [2.75, 3.05) is 13.1 Å². The molecule has 2 aliphatic rings. The molecule has 0 aromatic carbocycles. The zero-order valence-corrected chi connectivity index (χ0v) is 12.9. The van der Waals surface area contributed by atoms with Crippen LogP contribution in [-0.2, 0) is 4.79 Å². The van der Waals surface area contributed by atoms with Crippen molar-refractivity contribution < 1.29 is 14.7 Å². The Morgan fingerprint density at radius 1 is 1.05 bits per heavy atom. The van der Waals surface area contributed by atoms with Gasteiger partial charge in [-0.15, -0.1) is 0 Å². The van der Waals surface area contributed by atoms with Crippen LogP contribution in [0.2, 0.25) is 0 Å². The van der Waals surface area contributed by atoms with Gasteiger partial charge in [-0.05, 0) is 38.0 Å². The van der Waals surface area contributed by atoms with Gasteiger partial charge in [0.15, 0.2) is 0 Å². The number of nitrogens with one attached hydrogen (secondary N) is 1. The molecule has 120 valence electrons. The van der Waals surface area contributed by atoms with E-state index in [1.165, 1.54) is 25.7 Å². The average Bonchev–Trinajstić information content (AvgIpc) is 2.74. The summed E-state index contributed by atoms with van der Waals surface area (Å²) in [5.74, 6) is -0.398. The summed E-state index contributed by atoms with van der Waals surface area (Å²) in [6.07, 6.45) is 10.1. The van der Waals surface area contributed by atoms with Gasteiger partial charge in [-0.2, -0.15) is 0 Å². The highest BCUT2D eigenvalue weighted by Gasteiger charge is 2.25. The lowest BCUT2D eigenvalue weighted by atomic mass is 9.93. The number of carbonyl (C=O) groups is 2. The van der Waals surface area contributed by atoms with E-state index in [9.17, 15) is 9.59 Å². The normalized spacial score (nSPS) is 24.4. The Morgan fingerprint density at radius 2 is 1.76 bits per heavy atom. The third-order valence-electron chi connectivity index (χ3n) is 4.76. The molecule has 5 nitrogen and oxygen atoms in total. The number of amides is 2. The van der Waals surface area contributed by atoms with Crippen LogP contribution in [0.15, 0.2) is 0 Å². The fourth-order valence-electron chi connectivity index (χ4n) is 3.50. The first-order chi connectivity index (χ1) is 10.1. The van der Waals surface area contributed by atoms with E-state index in [0.29, 0.717) is 24.9 Å². The van der Waals surface area contributed by atoms with Crippen molar-refractivity contribution in [2.45, 2.75) is 70.3 Å². The number of rotatable bonds is 4. The zero-order valence-electron chi connectivity index (χ0n) is 12.9. The molecule has 5 heteroatoms. The first-order valence-corrected chi connectivity index (χ1v) is 8.42. The Hall–Kier alpha value is -1.26. The molecule has 2 amide bonds. The van der Waals surface area contributed by atoms with Crippen LogP contribution in [0.3, 0.4) is 0 Å². The number of urea groups is 1. The summed E-state index contributed by atoms with van der Waals surface area (Å²) in [6.45, 7) is 1.52. The Kier molecular flexibility index (Phi) is 6.33. The standard InChI is InChI=1S/C16H28N2O3/c19-15(20)10-9-13-6-5-11-18(12-13)16(21)17-14-7-3-1-2-4-8-14/h13-14H,1-12H2,(H,17,21)(H,19,20). The van der Waals surface area contributed by atoms with Crippen molar-refractivity contribution in [3.05, 3.63) is 0 Å². The average molecular weight is 296 g/mol. The molecule has 1 aliphatic carbocycles. The molecule has 0 spiro atoms. The van der Waals surface area contributed by atoms with Crippen molar-refractivity contribution in [3.8, 4) is 0 Å². The van der Waals surface area contributed by atoms with Gasteiger partial charge in [-0.3, -0.25) is 4.79 Å². The molecule has 2 N–H and O–H groups in total. The Balaban J connectivity index is 1.76. The number of carbonyl (C=O) groups excluding carboxylic acids is 1. The number of nitrogens with zero attached hydrogens (tertiary/aromatic N) is 1. The SMILES string of the molecule is O=C(O)CCC1CCCN(C(=O)NC2CCCCCC2)C1. The van der Waals surface area contributed by atoms with E-state index in [2.05, 4.69) is 5.32 Å². The highest BCUT2D eigenvalue weighted by molar-refractivity contribution is 5.74. The molecule has 1 atom stereocenters. The van der Waals surface area contributed by atoms with Crippen LogP contribution >= 0.6 is 0 Å². The lowest BCUT2D eigenvalue weighted by Crippen LogP contribution is -2.48. The summed E-state index contributed by atoms with van der Waals surface area (Å²) in [6, 6.07) is 0.390. The number of piperidine rings is 1. The van der Waals surface area contributed by atoms with Crippen LogP contribution in [0.25, 0.3) is 0 Å². The van der Waals surface area contributed by atoms with Gasteiger partial charge in [-0.1, -0.05) is 25.7 Å². The molecule has 0 aromatic rings. The summed E-state index contributed by atoms with van der Waals surface area (Å²) in [5, 5.41) is 12.0. The molecule has 1 heterocycles. The largest absolute Gasteiger partial charge is 0.481 e. The van der Waals surface area contributed by atoms with E-state index in [4.69, 9.17) is 5.11 Å².